The molecule has 0 aliphatic heterocycles. The summed E-state index contributed by atoms with van der Waals surface area (Å²) in [5, 5.41) is 2.80. The summed E-state index contributed by atoms with van der Waals surface area (Å²) in [7, 11) is -2.45. The largest absolute Gasteiger partial charge is 0.495 e. The van der Waals surface area contributed by atoms with Crippen LogP contribution in [0.3, 0.4) is 0 Å². The predicted octanol–water partition coefficient (Wildman–Crippen LogP) is 3.97. The van der Waals surface area contributed by atoms with E-state index in [0.717, 1.165) is 25.7 Å². The van der Waals surface area contributed by atoms with E-state index in [9.17, 15) is 13.2 Å². The second-order valence-electron chi connectivity index (χ2n) is 7.45. The van der Waals surface area contributed by atoms with Crippen molar-refractivity contribution in [3.63, 3.8) is 0 Å². The molecule has 1 aliphatic rings. The molecular formula is C23H30N2O6S. The molecule has 0 saturated heterocycles. The molecule has 1 fully saturated rings. The zero-order valence-electron chi connectivity index (χ0n) is 18.6. The van der Waals surface area contributed by atoms with E-state index < -0.39 is 15.9 Å². The Balaban J connectivity index is 1.89. The molecule has 0 unspecified atom stereocenters. The number of hydrogen-bond acceptors (Lipinski definition) is 6. The van der Waals surface area contributed by atoms with Gasteiger partial charge in [-0.3, -0.25) is 4.79 Å². The van der Waals surface area contributed by atoms with E-state index in [2.05, 4.69) is 10.0 Å². The molecule has 3 rings (SSSR count). The standard InChI is InChI=1S/C23H30N2O6S/c1-4-30-18-11-13-20(31-5-2)19(15-18)24-23(26)16-10-12-21(29-3)22(14-16)32(27,28)25-17-8-6-7-9-17/h10-15,17,25H,4-9H2,1-3H3,(H,24,26). The van der Waals surface area contributed by atoms with Gasteiger partial charge in [0.15, 0.2) is 0 Å². The number of benzene rings is 2. The third kappa shape index (κ3) is 5.72. The van der Waals surface area contributed by atoms with Crippen LogP contribution in [0.1, 0.15) is 49.9 Å². The quantitative estimate of drug-likeness (QED) is 0.554. The molecule has 0 spiro atoms. The summed E-state index contributed by atoms with van der Waals surface area (Å²) in [6.07, 6.45) is 3.60. The molecule has 8 nitrogen and oxygen atoms in total. The van der Waals surface area contributed by atoms with Gasteiger partial charge in [0.2, 0.25) is 10.0 Å². The maximum absolute atomic E-state index is 13.0. The van der Waals surface area contributed by atoms with Gasteiger partial charge in [0.1, 0.15) is 22.1 Å². The van der Waals surface area contributed by atoms with Crippen molar-refractivity contribution in [3.05, 3.63) is 42.0 Å². The highest BCUT2D eigenvalue weighted by Gasteiger charge is 2.27. The maximum Gasteiger partial charge on any atom is 0.255 e. The lowest BCUT2D eigenvalue weighted by molar-refractivity contribution is 0.102. The van der Waals surface area contributed by atoms with Crippen molar-refractivity contribution in [1.82, 2.24) is 4.72 Å². The minimum absolute atomic E-state index is 0.0624. The Kier molecular flexibility index (Phi) is 7.98. The van der Waals surface area contributed by atoms with E-state index in [0.29, 0.717) is 30.4 Å². The van der Waals surface area contributed by atoms with Gasteiger partial charge < -0.3 is 19.5 Å². The number of sulfonamides is 1. The van der Waals surface area contributed by atoms with Gasteiger partial charge in [0.05, 0.1) is 26.0 Å². The number of anilines is 1. The van der Waals surface area contributed by atoms with E-state index in [1.54, 1.807) is 18.2 Å². The summed E-state index contributed by atoms with van der Waals surface area (Å²) in [6, 6.07) is 9.40. The van der Waals surface area contributed by atoms with Crippen molar-refractivity contribution in [2.24, 2.45) is 0 Å². The van der Waals surface area contributed by atoms with E-state index in [1.165, 1.54) is 25.3 Å². The number of carbonyl (C=O) groups excluding carboxylic acids is 1. The number of amides is 1. The Bertz CT molecular complexity index is 1050. The first-order chi connectivity index (χ1) is 15.4. The van der Waals surface area contributed by atoms with Gasteiger partial charge in [-0.15, -0.1) is 0 Å². The van der Waals surface area contributed by atoms with Gasteiger partial charge in [-0.05, 0) is 57.0 Å². The lowest BCUT2D eigenvalue weighted by Gasteiger charge is -2.16. The molecule has 2 N–H and O–H groups in total. The number of methoxy groups -OCH3 is 1. The van der Waals surface area contributed by atoms with Crippen LogP contribution in [0.2, 0.25) is 0 Å². The Morgan fingerprint density at radius 3 is 2.34 bits per heavy atom. The summed E-state index contributed by atoms with van der Waals surface area (Å²) >= 11 is 0. The van der Waals surface area contributed by atoms with E-state index in [-0.39, 0.29) is 22.3 Å². The average Bonchev–Trinajstić information content (AvgIpc) is 3.27. The van der Waals surface area contributed by atoms with Crippen LogP contribution in [0.15, 0.2) is 41.3 Å². The smallest absolute Gasteiger partial charge is 0.255 e. The van der Waals surface area contributed by atoms with Crippen LogP contribution in [-0.4, -0.2) is 40.7 Å². The molecule has 1 aliphatic carbocycles. The van der Waals surface area contributed by atoms with Crippen molar-refractivity contribution >= 4 is 21.6 Å². The van der Waals surface area contributed by atoms with Crippen molar-refractivity contribution in [1.29, 1.82) is 0 Å². The predicted molar refractivity (Wildman–Crippen MR) is 122 cm³/mol. The van der Waals surface area contributed by atoms with Crippen LogP contribution in [0.4, 0.5) is 5.69 Å². The highest BCUT2D eigenvalue weighted by atomic mass is 32.2. The van der Waals surface area contributed by atoms with Gasteiger partial charge in [-0.25, -0.2) is 13.1 Å². The number of rotatable bonds is 10. The molecule has 0 atom stereocenters. The normalized spacial score (nSPS) is 14.2. The minimum Gasteiger partial charge on any atom is -0.495 e. The van der Waals surface area contributed by atoms with Crippen molar-refractivity contribution < 1.29 is 27.4 Å². The number of hydrogen-bond donors (Lipinski definition) is 2. The van der Waals surface area contributed by atoms with Crippen LogP contribution in [0.25, 0.3) is 0 Å². The van der Waals surface area contributed by atoms with Crippen LogP contribution < -0.4 is 24.2 Å². The van der Waals surface area contributed by atoms with Crippen molar-refractivity contribution in [2.75, 3.05) is 25.6 Å². The average molecular weight is 463 g/mol. The van der Waals surface area contributed by atoms with Gasteiger partial charge in [-0.1, -0.05) is 12.8 Å². The van der Waals surface area contributed by atoms with Gasteiger partial charge in [-0.2, -0.15) is 0 Å². The van der Waals surface area contributed by atoms with Crippen molar-refractivity contribution in [2.45, 2.75) is 50.5 Å². The second kappa shape index (κ2) is 10.7. The number of ether oxygens (including phenoxy) is 3. The zero-order chi connectivity index (χ0) is 23.1. The van der Waals surface area contributed by atoms with Crippen molar-refractivity contribution in [3.8, 4) is 17.2 Å². The highest BCUT2D eigenvalue weighted by Crippen LogP contribution is 2.31. The molecule has 0 aromatic heterocycles. The summed E-state index contributed by atoms with van der Waals surface area (Å²) in [4.78, 5) is 12.9. The molecular weight excluding hydrogens is 432 g/mol. The minimum atomic E-state index is -3.85. The lowest BCUT2D eigenvalue weighted by Crippen LogP contribution is -2.33. The molecule has 32 heavy (non-hydrogen) atoms. The Morgan fingerprint density at radius 2 is 1.69 bits per heavy atom. The first-order valence-electron chi connectivity index (χ1n) is 10.8. The number of nitrogens with one attached hydrogen (secondary N) is 2. The molecule has 2 aromatic carbocycles. The summed E-state index contributed by atoms with van der Waals surface area (Å²) in [5.41, 5.74) is 0.619. The Hall–Kier alpha value is -2.78. The van der Waals surface area contributed by atoms with Crippen LogP contribution in [0.5, 0.6) is 17.2 Å². The molecule has 1 amide bonds. The fraction of sp³-hybridized carbons (Fsp3) is 0.435. The van der Waals surface area contributed by atoms with Crippen LogP contribution >= 0.6 is 0 Å². The molecule has 2 aromatic rings. The summed E-state index contributed by atoms with van der Waals surface area (Å²) < 4.78 is 45.1. The summed E-state index contributed by atoms with van der Waals surface area (Å²) in [5.74, 6) is 0.790. The molecule has 174 valence electrons. The first kappa shape index (κ1) is 23.9. The maximum atomic E-state index is 13.0. The van der Waals surface area contributed by atoms with Gasteiger partial charge in [0, 0.05) is 17.7 Å². The third-order valence-corrected chi connectivity index (χ3v) is 6.74. The second-order valence-corrected chi connectivity index (χ2v) is 9.13. The molecule has 0 radical (unpaired) electrons. The third-order valence-electron chi connectivity index (χ3n) is 5.20. The van der Waals surface area contributed by atoms with Crippen LogP contribution in [-0.2, 0) is 10.0 Å². The monoisotopic (exact) mass is 462 g/mol. The lowest BCUT2D eigenvalue weighted by atomic mass is 10.2. The van der Waals surface area contributed by atoms with E-state index >= 15 is 0 Å². The molecule has 0 heterocycles. The molecule has 0 bridgehead atoms. The SMILES string of the molecule is CCOc1ccc(OCC)c(NC(=O)c2ccc(OC)c(S(=O)(=O)NC3CCCC3)c2)c1. The summed E-state index contributed by atoms with van der Waals surface area (Å²) in [6.45, 7) is 4.62. The number of carbonyl (C=O) groups is 1. The molecule has 1 saturated carbocycles. The van der Waals surface area contributed by atoms with Gasteiger partial charge >= 0.3 is 0 Å². The highest BCUT2D eigenvalue weighted by molar-refractivity contribution is 7.89. The zero-order valence-corrected chi connectivity index (χ0v) is 19.5. The molecule has 9 heteroatoms. The fourth-order valence-corrected chi connectivity index (χ4v) is 5.19. The topological polar surface area (TPSA) is 103 Å². The Morgan fingerprint density at radius 1 is 1.00 bits per heavy atom. The van der Waals surface area contributed by atoms with E-state index in [1.807, 2.05) is 13.8 Å². The Labute approximate surface area is 189 Å². The fourth-order valence-electron chi connectivity index (χ4n) is 3.69. The van der Waals surface area contributed by atoms with Gasteiger partial charge in [0.25, 0.3) is 5.91 Å². The van der Waals surface area contributed by atoms with Crippen LogP contribution in [0, 0.1) is 0 Å². The van der Waals surface area contributed by atoms with E-state index in [4.69, 9.17) is 14.2 Å². The first-order valence-corrected chi connectivity index (χ1v) is 12.3.